The zero-order valence-electron chi connectivity index (χ0n) is 7.26. The first kappa shape index (κ1) is 8.58. The van der Waals surface area contributed by atoms with E-state index in [2.05, 4.69) is 24.7 Å². The average molecular weight is 153 g/mol. The van der Waals surface area contributed by atoms with Crippen molar-refractivity contribution in [3.8, 4) is 12.3 Å². The Bertz CT molecular complexity index is 163. The maximum atomic E-state index is 5.40. The summed E-state index contributed by atoms with van der Waals surface area (Å²) < 4.78 is 5.23. The Hall–Kier alpha value is -0.520. The lowest BCUT2D eigenvalue weighted by Gasteiger charge is -2.36. The standard InChI is InChI=1S/C9H15NO/c1-4-9(2,3)10-5-7-11-8-6-10/h1H,5-8H2,2-3H3. The van der Waals surface area contributed by atoms with Crippen LogP contribution in [0.1, 0.15) is 13.8 Å². The molecule has 0 saturated carbocycles. The third kappa shape index (κ3) is 1.95. The fourth-order valence-electron chi connectivity index (χ4n) is 1.21. The summed E-state index contributed by atoms with van der Waals surface area (Å²) in [6, 6.07) is 0. The van der Waals surface area contributed by atoms with E-state index in [1.807, 2.05) is 0 Å². The van der Waals surface area contributed by atoms with Crippen molar-refractivity contribution in [2.75, 3.05) is 26.3 Å². The van der Waals surface area contributed by atoms with E-state index >= 15 is 0 Å². The molecular weight excluding hydrogens is 138 g/mol. The van der Waals surface area contributed by atoms with Crippen LogP contribution in [0.5, 0.6) is 0 Å². The van der Waals surface area contributed by atoms with Gasteiger partial charge in [0.15, 0.2) is 0 Å². The third-order valence-corrected chi connectivity index (χ3v) is 2.15. The molecule has 1 rings (SSSR count). The van der Waals surface area contributed by atoms with E-state index < -0.39 is 0 Å². The summed E-state index contributed by atoms with van der Waals surface area (Å²) in [6.45, 7) is 7.67. The number of ether oxygens (including phenoxy) is 1. The van der Waals surface area contributed by atoms with Gasteiger partial charge in [0.2, 0.25) is 0 Å². The van der Waals surface area contributed by atoms with Crippen LogP contribution >= 0.6 is 0 Å². The molecule has 1 saturated heterocycles. The highest BCUT2D eigenvalue weighted by Gasteiger charge is 2.25. The number of hydrogen-bond acceptors (Lipinski definition) is 2. The highest BCUT2D eigenvalue weighted by atomic mass is 16.5. The van der Waals surface area contributed by atoms with E-state index in [0.29, 0.717) is 0 Å². The van der Waals surface area contributed by atoms with Crippen LogP contribution in [0.15, 0.2) is 0 Å². The molecule has 1 fully saturated rings. The van der Waals surface area contributed by atoms with Gasteiger partial charge in [0.25, 0.3) is 0 Å². The van der Waals surface area contributed by atoms with Gasteiger partial charge >= 0.3 is 0 Å². The molecule has 0 aromatic heterocycles. The van der Waals surface area contributed by atoms with Crippen LogP contribution < -0.4 is 0 Å². The topological polar surface area (TPSA) is 12.5 Å². The molecule has 2 nitrogen and oxygen atoms in total. The minimum absolute atomic E-state index is 0.107. The fourth-order valence-corrected chi connectivity index (χ4v) is 1.21. The van der Waals surface area contributed by atoms with Crippen LogP contribution in [0.3, 0.4) is 0 Å². The van der Waals surface area contributed by atoms with Crippen LogP contribution in [0, 0.1) is 12.3 Å². The van der Waals surface area contributed by atoms with Crippen LogP contribution in [-0.4, -0.2) is 36.7 Å². The van der Waals surface area contributed by atoms with E-state index in [9.17, 15) is 0 Å². The summed E-state index contributed by atoms with van der Waals surface area (Å²) in [5, 5.41) is 0. The van der Waals surface area contributed by atoms with Gasteiger partial charge in [-0.25, -0.2) is 0 Å². The van der Waals surface area contributed by atoms with Crippen LogP contribution in [0.4, 0.5) is 0 Å². The Morgan fingerprint density at radius 2 is 1.91 bits per heavy atom. The van der Waals surface area contributed by atoms with Gasteiger partial charge in [-0.3, -0.25) is 4.90 Å². The minimum Gasteiger partial charge on any atom is -0.379 e. The van der Waals surface area contributed by atoms with Crippen LogP contribution in [0.25, 0.3) is 0 Å². The normalized spacial score (nSPS) is 21.2. The average Bonchev–Trinajstić information content (AvgIpc) is 2.06. The molecule has 0 bridgehead atoms. The molecule has 1 aliphatic heterocycles. The van der Waals surface area contributed by atoms with Gasteiger partial charge in [0.1, 0.15) is 0 Å². The van der Waals surface area contributed by atoms with Crippen molar-refractivity contribution in [3.63, 3.8) is 0 Å². The molecule has 0 aromatic carbocycles. The molecular formula is C9H15NO. The van der Waals surface area contributed by atoms with Crippen molar-refractivity contribution in [2.24, 2.45) is 0 Å². The lowest BCUT2D eigenvalue weighted by atomic mass is 10.0. The van der Waals surface area contributed by atoms with Crippen LogP contribution in [-0.2, 0) is 4.74 Å². The monoisotopic (exact) mass is 153 g/mol. The van der Waals surface area contributed by atoms with E-state index in [1.165, 1.54) is 0 Å². The number of rotatable bonds is 1. The molecule has 1 aliphatic rings. The molecule has 1 heterocycles. The van der Waals surface area contributed by atoms with Crippen LogP contribution in [0.2, 0.25) is 0 Å². The Labute approximate surface area is 68.5 Å². The van der Waals surface area contributed by atoms with E-state index in [1.54, 1.807) is 0 Å². The largest absolute Gasteiger partial charge is 0.379 e. The van der Waals surface area contributed by atoms with Gasteiger partial charge in [-0.1, -0.05) is 5.92 Å². The second-order valence-corrected chi connectivity index (χ2v) is 3.30. The second kappa shape index (κ2) is 3.25. The fraction of sp³-hybridized carbons (Fsp3) is 0.778. The lowest BCUT2D eigenvalue weighted by Crippen LogP contribution is -2.48. The lowest BCUT2D eigenvalue weighted by molar-refractivity contribution is 0.00743. The molecule has 0 aliphatic carbocycles. The Balaban J connectivity index is 2.52. The maximum absolute atomic E-state index is 5.40. The Morgan fingerprint density at radius 1 is 1.36 bits per heavy atom. The smallest absolute Gasteiger partial charge is 0.0767 e. The first-order valence-corrected chi connectivity index (χ1v) is 3.97. The van der Waals surface area contributed by atoms with Crippen molar-refractivity contribution in [2.45, 2.75) is 19.4 Å². The summed E-state index contributed by atoms with van der Waals surface area (Å²) in [7, 11) is 0. The van der Waals surface area contributed by atoms with Crippen molar-refractivity contribution in [3.05, 3.63) is 0 Å². The molecule has 0 N–H and O–H groups in total. The molecule has 0 aromatic rings. The molecule has 0 unspecified atom stereocenters. The van der Waals surface area contributed by atoms with E-state index in [4.69, 9.17) is 11.2 Å². The first-order chi connectivity index (χ1) is 5.17. The summed E-state index contributed by atoms with van der Waals surface area (Å²) in [6.07, 6.45) is 5.40. The molecule has 0 atom stereocenters. The summed E-state index contributed by atoms with van der Waals surface area (Å²) in [5.74, 6) is 2.78. The van der Waals surface area contributed by atoms with Gasteiger partial charge in [0, 0.05) is 13.1 Å². The molecule has 0 spiro atoms. The van der Waals surface area contributed by atoms with Crippen molar-refractivity contribution < 1.29 is 4.74 Å². The zero-order valence-corrected chi connectivity index (χ0v) is 7.26. The number of nitrogens with zero attached hydrogens (tertiary/aromatic N) is 1. The number of terminal acetylenes is 1. The Kier molecular flexibility index (Phi) is 2.53. The number of morpholine rings is 1. The van der Waals surface area contributed by atoms with Crippen molar-refractivity contribution in [1.82, 2.24) is 4.90 Å². The maximum Gasteiger partial charge on any atom is 0.0767 e. The first-order valence-electron chi connectivity index (χ1n) is 3.97. The van der Waals surface area contributed by atoms with Crippen molar-refractivity contribution in [1.29, 1.82) is 0 Å². The van der Waals surface area contributed by atoms with Gasteiger partial charge in [-0.05, 0) is 13.8 Å². The van der Waals surface area contributed by atoms with Gasteiger partial charge in [-0.2, -0.15) is 0 Å². The second-order valence-electron chi connectivity index (χ2n) is 3.30. The molecule has 2 heteroatoms. The summed E-state index contributed by atoms with van der Waals surface area (Å²) >= 11 is 0. The highest BCUT2D eigenvalue weighted by molar-refractivity contribution is 5.08. The molecule has 0 radical (unpaired) electrons. The zero-order chi connectivity index (χ0) is 8.32. The van der Waals surface area contributed by atoms with E-state index in [-0.39, 0.29) is 5.54 Å². The SMILES string of the molecule is C#CC(C)(C)N1CCOCC1. The molecule has 0 amide bonds. The molecule has 11 heavy (non-hydrogen) atoms. The molecule has 62 valence electrons. The predicted molar refractivity (Wildman–Crippen MR) is 45.3 cm³/mol. The minimum atomic E-state index is -0.107. The van der Waals surface area contributed by atoms with Gasteiger partial charge in [0.05, 0.1) is 18.8 Å². The highest BCUT2D eigenvalue weighted by Crippen LogP contribution is 2.13. The van der Waals surface area contributed by atoms with E-state index in [0.717, 1.165) is 26.3 Å². The Morgan fingerprint density at radius 3 is 2.36 bits per heavy atom. The number of hydrogen-bond donors (Lipinski definition) is 0. The third-order valence-electron chi connectivity index (χ3n) is 2.15. The van der Waals surface area contributed by atoms with Crippen molar-refractivity contribution >= 4 is 0 Å². The summed E-state index contributed by atoms with van der Waals surface area (Å²) in [4.78, 5) is 2.27. The quantitative estimate of drug-likeness (QED) is 0.515. The predicted octanol–water partition coefficient (Wildman–Crippen LogP) is 0.730. The summed E-state index contributed by atoms with van der Waals surface area (Å²) in [5.41, 5.74) is -0.107. The van der Waals surface area contributed by atoms with Gasteiger partial charge < -0.3 is 4.74 Å². The van der Waals surface area contributed by atoms with Gasteiger partial charge in [-0.15, -0.1) is 6.42 Å².